The summed E-state index contributed by atoms with van der Waals surface area (Å²) in [5.74, 6) is -1.19. The van der Waals surface area contributed by atoms with Gasteiger partial charge in [0, 0.05) is 25.0 Å². The van der Waals surface area contributed by atoms with Crippen molar-refractivity contribution >= 4 is 11.9 Å². The van der Waals surface area contributed by atoms with E-state index in [-0.39, 0.29) is 24.6 Å². The van der Waals surface area contributed by atoms with Gasteiger partial charge in [0.25, 0.3) is 0 Å². The highest BCUT2D eigenvalue weighted by molar-refractivity contribution is 5.78. The van der Waals surface area contributed by atoms with E-state index in [0.717, 1.165) is 6.42 Å². The number of carbonyl (C=O) groups excluding carboxylic acids is 1. The van der Waals surface area contributed by atoms with Crippen LogP contribution in [-0.4, -0.2) is 60.8 Å². The topological polar surface area (TPSA) is 78.9 Å². The lowest BCUT2D eigenvalue weighted by molar-refractivity contribution is -0.143. The molecule has 3 atom stereocenters. The lowest BCUT2D eigenvalue weighted by atomic mass is 10.0. The molecule has 17 heavy (non-hydrogen) atoms. The summed E-state index contributed by atoms with van der Waals surface area (Å²) in [7, 11) is 1.89. The summed E-state index contributed by atoms with van der Waals surface area (Å²) in [6.07, 6.45) is 1.40. The molecule has 1 amide bonds. The highest BCUT2D eigenvalue weighted by Crippen LogP contribution is 2.20. The van der Waals surface area contributed by atoms with Gasteiger partial charge in [0.2, 0.25) is 5.91 Å². The van der Waals surface area contributed by atoms with Gasteiger partial charge in [0.05, 0.1) is 19.1 Å². The minimum absolute atomic E-state index is 0.0841. The van der Waals surface area contributed by atoms with Gasteiger partial charge in [-0.3, -0.25) is 14.5 Å². The number of aliphatic carboxylic acids is 1. The van der Waals surface area contributed by atoms with Crippen LogP contribution in [0.25, 0.3) is 0 Å². The summed E-state index contributed by atoms with van der Waals surface area (Å²) < 4.78 is 5.23. The van der Waals surface area contributed by atoms with E-state index in [2.05, 4.69) is 5.32 Å². The van der Waals surface area contributed by atoms with E-state index in [0.29, 0.717) is 19.6 Å². The van der Waals surface area contributed by atoms with Crippen molar-refractivity contribution < 1.29 is 19.4 Å². The number of ether oxygens (including phenoxy) is 1. The zero-order valence-corrected chi connectivity index (χ0v) is 9.89. The molecule has 2 aliphatic heterocycles. The molecule has 2 rings (SSSR count). The lowest BCUT2D eigenvalue weighted by Gasteiger charge is -2.28. The molecule has 2 N–H and O–H groups in total. The van der Waals surface area contributed by atoms with E-state index >= 15 is 0 Å². The molecule has 2 fully saturated rings. The second-order valence-electron chi connectivity index (χ2n) is 4.79. The minimum Gasteiger partial charge on any atom is -0.481 e. The molecule has 0 aromatic carbocycles. The molecule has 2 heterocycles. The molecule has 2 saturated heterocycles. The molecule has 3 unspecified atom stereocenters. The van der Waals surface area contributed by atoms with Gasteiger partial charge in [-0.05, 0) is 13.5 Å². The van der Waals surface area contributed by atoms with Gasteiger partial charge in [-0.15, -0.1) is 0 Å². The molecule has 96 valence electrons. The number of hydrogen-bond acceptors (Lipinski definition) is 4. The number of likely N-dealkylation sites (N-methyl/N-ethyl adjacent to an activating group) is 1. The van der Waals surface area contributed by atoms with Crippen LogP contribution in [0.2, 0.25) is 0 Å². The molecule has 0 saturated carbocycles. The van der Waals surface area contributed by atoms with Gasteiger partial charge in [-0.2, -0.15) is 0 Å². The Labute approximate surface area is 99.9 Å². The first kappa shape index (κ1) is 12.3. The molecule has 6 nitrogen and oxygen atoms in total. The van der Waals surface area contributed by atoms with Gasteiger partial charge in [-0.1, -0.05) is 0 Å². The van der Waals surface area contributed by atoms with E-state index in [1.165, 1.54) is 0 Å². The maximum absolute atomic E-state index is 11.1. The van der Waals surface area contributed by atoms with Gasteiger partial charge < -0.3 is 15.2 Å². The number of hydrogen-bond donors (Lipinski definition) is 2. The Hall–Kier alpha value is -1.14. The Balaban J connectivity index is 1.88. The fourth-order valence-electron chi connectivity index (χ4n) is 2.51. The third-order valence-electron chi connectivity index (χ3n) is 3.53. The predicted octanol–water partition coefficient (Wildman–Crippen LogP) is -0.704. The monoisotopic (exact) mass is 242 g/mol. The number of amides is 1. The van der Waals surface area contributed by atoms with Gasteiger partial charge in [-0.25, -0.2) is 0 Å². The average molecular weight is 242 g/mol. The van der Waals surface area contributed by atoms with Crippen molar-refractivity contribution in [1.82, 2.24) is 10.2 Å². The Morgan fingerprint density at radius 1 is 1.59 bits per heavy atom. The van der Waals surface area contributed by atoms with E-state index in [4.69, 9.17) is 9.84 Å². The second-order valence-corrected chi connectivity index (χ2v) is 4.79. The number of carboxylic acid groups (broad SMARTS) is 1. The number of nitrogens with zero attached hydrogens (tertiary/aromatic N) is 1. The third kappa shape index (κ3) is 2.76. The van der Waals surface area contributed by atoms with E-state index < -0.39 is 11.9 Å². The largest absolute Gasteiger partial charge is 0.481 e. The quantitative estimate of drug-likeness (QED) is 0.681. The molecule has 0 bridgehead atoms. The van der Waals surface area contributed by atoms with Crippen LogP contribution in [0.15, 0.2) is 0 Å². The average Bonchev–Trinajstić information content (AvgIpc) is 2.86. The smallest absolute Gasteiger partial charge is 0.310 e. The number of rotatable bonds is 4. The molecule has 0 aromatic heterocycles. The van der Waals surface area contributed by atoms with E-state index in [1.54, 1.807) is 0 Å². The molecular weight excluding hydrogens is 224 g/mol. The fourth-order valence-corrected chi connectivity index (χ4v) is 2.51. The van der Waals surface area contributed by atoms with Crippen molar-refractivity contribution in [2.24, 2.45) is 5.92 Å². The summed E-state index contributed by atoms with van der Waals surface area (Å²) >= 11 is 0. The Kier molecular flexibility index (Phi) is 3.63. The highest BCUT2D eigenvalue weighted by Gasteiger charge is 2.37. The van der Waals surface area contributed by atoms with Gasteiger partial charge in [0.15, 0.2) is 0 Å². The number of carbonyl (C=O) groups is 2. The lowest BCUT2D eigenvalue weighted by Crippen LogP contribution is -2.46. The maximum atomic E-state index is 11.1. The van der Waals surface area contributed by atoms with Crippen LogP contribution in [0.5, 0.6) is 0 Å². The normalized spacial score (nSPS) is 33.1. The second kappa shape index (κ2) is 5.01. The van der Waals surface area contributed by atoms with Crippen molar-refractivity contribution in [3.63, 3.8) is 0 Å². The van der Waals surface area contributed by atoms with Crippen LogP contribution in [0, 0.1) is 5.92 Å². The van der Waals surface area contributed by atoms with Crippen molar-refractivity contribution in [3.8, 4) is 0 Å². The summed E-state index contributed by atoms with van der Waals surface area (Å²) in [6.45, 7) is 1.42. The maximum Gasteiger partial charge on any atom is 0.310 e. The van der Waals surface area contributed by atoms with Gasteiger partial charge in [0.1, 0.15) is 0 Å². The molecule has 0 spiro atoms. The SMILES string of the molecule is CN(CC1CCC(=O)N1)C1COCC1C(=O)O. The van der Waals surface area contributed by atoms with Crippen LogP contribution in [0.3, 0.4) is 0 Å². The van der Waals surface area contributed by atoms with Crippen molar-refractivity contribution in [2.75, 3.05) is 26.8 Å². The highest BCUT2D eigenvalue weighted by atomic mass is 16.5. The Morgan fingerprint density at radius 2 is 2.35 bits per heavy atom. The number of nitrogens with one attached hydrogen (secondary N) is 1. The first-order valence-electron chi connectivity index (χ1n) is 5.88. The molecule has 0 aliphatic carbocycles. The van der Waals surface area contributed by atoms with Crippen LogP contribution < -0.4 is 5.32 Å². The zero-order valence-electron chi connectivity index (χ0n) is 9.89. The summed E-state index contributed by atoms with van der Waals surface area (Å²) in [5, 5.41) is 11.9. The van der Waals surface area contributed by atoms with E-state index in [1.807, 2.05) is 11.9 Å². The fraction of sp³-hybridized carbons (Fsp3) is 0.818. The zero-order chi connectivity index (χ0) is 12.4. The van der Waals surface area contributed by atoms with Gasteiger partial charge >= 0.3 is 5.97 Å². The van der Waals surface area contributed by atoms with Crippen LogP contribution in [0.1, 0.15) is 12.8 Å². The standard InChI is InChI=1S/C11H18N2O4/c1-13(4-7-2-3-10(14)12-7)9-6-17-5-8(9)11(15)16/h7-9H,2-6H2,1H3,(H,12,14)(H,15,16). The molecule has 6 heteroatoms. The summed E-state index contributed by atoms with van der Waals surface area (Å²) in [4.78, 5) is 24.1. The van der Waals surface area contributed by atoms with Crippen LogP contribution in [-0.2, 0) is 14.3 Å². The summed E-state index contributed by atoms with van der Waals surface area (Å²) in [5.41, 5.74) is 0. The van der Waals surface area contributed by atoms with E-state index in [9.17, 15) is 9.59 Å². The minimum atomic E-state index is -0.810. The first-order chi connectivity index (χ1) is 8.08. The third-order valence-corrected chi connectivity index (χ3v) is 3.53. The first-order valence-corrected chi connectivity index (χ1v) is 5.88. The van der Waals surface area contributed by atoms with Crippen molar-refractivity contribution in [1.29, 1.82) is 0 Å². The molecule has 2 aliphatic rings. The molecular formula is C11H18N2O4. The van der Waals surface area contributed by atoms with Crippen LogP contribution in [0.4, 0.5) is 0 Å². The number of carboxylic acids is 1. The Bertz CT molecular complexity index is 321. The molecule has 0 aromatic rings. The van der Waals surface area contributed by atoms with Crippen LogP contribution >= 0.6 is 0 Å². The molecule has 0 radical (unpaired) electrons. The van der Waals surface area contributed by atoms with Crippen molar-refractivity contribution in [3.05, 3.63) is 0 Å². The van der Waals surface area contributed by atoms with Crippen molar-refractivity contribution in [2.45, 2.75) is 24.9 Å². The summed E-state index contributed by atoms with van der Waals surface area (Å²) in [6, 6.07) is 0.0487. The Morgan fingerprint density at radius 3 is 2.94 bits per heavy atom. The predicted molar refractivity (Wildman–Crippen MR) is 59.5 cm³/mol.